The Morgan fingerprint density at radius 1 is 1.25 bits per heavy atom. The van der Waals surface area contributed by atoms with Crippen molar-refractivity contribution in [3.8, 4) is 11.5 Å². The fourth-order valence-corrected chi connectivity index (χ4v) is 2.66. The van der Waals surface area contributed by atoms with Crippen molar-refractivity contribution < 1.29 is 27.6 Å². The van der Waals surface area contributed by atoms with Crippen LogP contribution in [0.4, 0.5) is 5.82 Å². The van der Waals surface area contributed by atoms with Gasteiger partial charge in [-0.15, -0.1) is 0 Å². The van der Waals surface area contributed by atoms with Crippen LogP contribution in [0.5, 0.6) is 11.5 Å². The Morgan fingerprint density at radius 3 is 2.54 bits per heavy atom. The third kappa shape index (κ3) is 3.66. The van der Waals surface area contributed by atoms with E-state index in [0.717, 1.165) is 19.4 Å². The van der Waals surface area contributed by atoms with E-state index < -0.39 is 26.5 Å². The Kier molecular flexibility index (Phi) is 4.79. The second-order valence-corrected chi connectivity index (χ2v) is 6.59. The van der Waals surface area contributed by atoms with E-state index in [1.165, 1.54) is 30.5 Å². The van der Waals surface area contributed by atoms with Crippen LogP contribution in [0.15, 0.2) is 41.4 Å². The van der Waals surface area contributed by atoms with Crippen molar-refractivity contribution in [2.75, 3.05) is 13.4 Å². The van der Waals surface area contributed by atoms with Crippen LogP contribution in [0.1, 0.15) is 10.4 Å². The molecule has 0 unspecified atom stereocenters. The summed E-state index contributed by atoms with van der Waals surface area (Å²) in [6, 6.07) is 6.28. The zero-order valence-electron chi connectivity index (χ0n) is 12.6. The Balaban J connectivity index is 2.55. The van der Waals surface area contributed by atoms with Gasteiger partial charge in [0, 0.05) is 6.26 Å². The first-order valence-corrected chi connectivity index (χ1v) is 8.33. The molecule has 0 atom stereocenters. The number of pyridine rings is 1. The summed E-state index contributed by atoms with van der Waals surface area (Å²) in [4.78, 5) is 25.0. The fourth-order valence-electron chi connectivity index (χ4n) is 1.84. The number of hydrogen-bond acceptors (Lipinski definition) is 8. The highest BCUT2D eigenvalue weighted by Crippen LogP contribution is 2.33. The third-order valence-corrected chi connectivity index (χ3v) is 4.03. The summed E-state index contributed by atoms with van der Waals surface area (Å²) >= 11 is 0. The molecule has 0 N–H and O–H groups in total. The Labute approximate surface area is 136 Å². The molecule has 0 amide bonds. The minimum Gasteiger partial charge on any atom is -0.465 e. The first-order valence-electron chi connectivity index (χ1n) is 6.43. The second kappa shape index (κ2) is 6.62. The molecule has 0 bridgehead atoms. The molecular formula is C14H12N2O7S. The largest absolute Gasteiger partial charge is 0.465 e. The normalized spacial score (nSPS) is 10.9. The molecule has 0 aliphatic carbocycles. The number of nitro groups is 1. The molecule has 0 fully saturated rings. The number of benzene rings is 1. The predicted octanol–water partition coefficient (Wildman–Crippen LogP) is 1.97. The lowest BCUT2D eigenvalue weighted by molar-refractivity contribution is -0.390. The van der Waals surface area contributed by atoms with Crippen molar-refractivity contribution in [2.45, 2.75) is 4.90 Å². The van der Waals surface area contributed by atoms with Crippen molar-refractivity contribution in [1.82, 2.24) is 4.98 Å². The van der Waals surface area contributed by atoms with Crippen LogP contribution >= 0.6 is 0 Å². The lowest BCUT2D eigenvalue weighted by atomic mass is 10.2. The van der Waals surface area contributed by atoms with Crippen LogP contribution in [0.25, 0.3) is 0 Å². The monoisotopic (exact) mass is 352 g/mol. The van der Waals surface area contributed by atoms with E-state index in [1.54, 1.807) is 0 Å². The number of methoxy groups -OCH3 is 1. The molecule has 9 nitrogen and oxygen atoms in total. The molecule has 0 saturated carbocycles. The summed E-state index contributed by atoms with van der Waals surface area (Å²) in [7, 11) is -2.62. The van der Waals surface area contributed by atoms with Gasteiger partial charge in [0.05, 0.1) is 12.7 Å². The van der Waals surface area contributed by atoms with Gasteiger partial charge in [0.2, 0.25) is 5.75 Å². The van der Waals surface area contributed by atoms with Crippen LogP contribution in [0.3, 0.4) is 0 Å². The maximum Gasteiger partial charge on any atom is 0.406 e. The third-order valence-electron chi connectivity index (χ3n) is 2.91. The van der Waals surface area contributed by atoms with Gasteiger partial charge in [-0.2, -0.15) is 0 Å². The summed E-state index contributed by atoms with van der Waals surface area (Å²) in [6.07, 6.45) is 2.14. The molecule has 0 aliphatic rings. The number of esters is 1. The fraction of sp³-hybridized carbons (Fsp3) is 0.143. The molecule has 2 aromatic rings. The van der Waals surface area contributed by atoms with Crippen molar-refractivity contribution in [1.29, 1.82) is 0 Å². The van der Waals surface area contributed by atoms with Gasteiger partial charge in [-0.1, -0.05) is 0 Å². The molecular weight excluding hydrogens is 340 g/mol. The lowest BCUT2D eigenvalue weighted by Gasteiger charge is -2.11. The molecule has 0 radical (unpaired) electrons. The summed E-state index contributed by atoms with van der Waals surface area (Å²) < 4.78 is 33.8. The second-order valence-electron chi connectivity index (χ2n) is 4.61. The quantitative estimate of drug-likeness (QED) is 0.454. The maximum atomic E-state index is 11.9. The maximum absolute atomic E-state index is 11.9. The number of rotatable bonds is 5. The van der Waals surface area contributed by atoms with E-state index in [-0.39, 0.29) is 22.0 Å². The van der Waals surface area contributed by atoms with Crippen molar-refractivity contribution in [3.05, 3.63) is 52.2 Å². The molecule has 24 heavy (non-hydrogen) atoms. The SMILES string of the molecule is COC(=O)c1ccc(Oc2cccnc2[N+](=O)[O-])c(S(C)(=O)=O)c1. The average Bonchev–Trinajstić information content (AvgIpc) is 2.53. The van der Waals surface area contributed by atoms with Gasteiger partial charge in [-0.05, 0) is 40.2 Å². The van der Waals surface area contributed by atoms with Gasteiger partial charge >= 0.3 is 11.8 Å². The minimum atomic E-state index is -3.77. The van der Waals surface area contributed by atoms with Gasteiger partial charge < -0.3 is 19.6 Å². The zero-order chi connectivity index (χ0) is 17.9. The highest BCUT2D eigenvalue weighted by atomic mass is 32.2. The summed E-state index contributed by atoms with van der Waals surface area (Å²) in [5, 5.41) is 11.0. The standard InChI is InChI=1S/C14H12N2O7S/c1-22-14(17)9-5-6-10(12(8-9)24(2,20)21)23-11-4-3-7-15-13(11)16(18)19/h3-8H,1-2H3. The molecule has 10 heteroatoms. The van der Waals surface area contributed by atoms with Gasteiger partial charge in [0.15, 0.2) is 9.84 Å². The predicted molar refractivity (Wildman–Crippen MR) is 81.9 cm³/mol. The van der Waals surface area contributed by atoms with Crippen LogP contribution in [-0.2, 0) is 14.6 Å². The van der Waals surface area contributed by atoms with E-state index in [0.29, 0.717) is 0 Å². The first kappa shape index (κ1) is 17.3. The highest BCUT2D eigenvalue weighted by Gasteiger charge is 2.22. The van der Waals surface area contributed by atoms with Crippen molar-refractivity contribution >= 4 is 21.6 Å². The number of carbonyl (C=O) groups excluding carboxylic acids is 1. The summed E-state index contributed by atoms with van der Waals surface area (Å²) in [6.45, 7) is 0. The minimum absolute atomic E-state index is 0.00552. The highest BCUT2D eigenvalue weighted by molar-refractivity contribution is 7.90. The van der Waals surface area contributed by atoms with E-state index in [1.807, 2.05) is 0 Å². The number of carbonyl (C=O) groups is 1. The average molecular weight is 352 g/mol. The van der Waals surface area contributed by atoms with E-state index >= 15 is 0 Å². The number of hydrogen-bond donors (Lipinski definition) is 0. The van der Waals surface area contributed by atoms with Gasteiger partial charge in [0.1, 0.15) is 16.8 Å². The van der Waals surface area contributed by atoms with E-state index in [9.17, 15) is 23.3 Å². The number of nitrogens with zero attached hydrogens (tertiary/aromatic N) is 2. The molecule has 0 aliphatic heterocycles. The zero-order valence-corrected chi connectivity index (χ0v) is 13.4. The van der Waals surface area contributed by atoms with E-state index in [2.05, 4.69) is 9.72 Å². The first-order chi connectivity index (χ1) is 11.2. The Morgan fingerprint density at radius 2 is 1.96 bits per heavy atom. The molecule has 1 aromatic carbocycles. The summed E-state index contributed by atoms with van der Waals surface area (Å²) in [5.41, 5.74) is 0.00552. The van der Waals surface area contributed by atoms with Crippen molar-refractivity contribution in [2.24, 2.45) is 0 Å². The molecule has 0 spiro atoms. The number of sulfone groups is 1. The van der Waals surface area contributed by atoms with E-state index in [4.69, 9.17) is 4.74 Å². The van der Waals surface area contributed by atoms with Crippen molar-refractivity contribution in [3.63, 3.8) is 0 Å². The summed E-state index contributed by atoms with van der Waals surface area (Å²) in [5.74, 6) is -1.67. The molecule has 2 rings (SSSR count). The van der Waals surface area contributed by atoms with Crippen LogP contribution in [0, 0.1) is 10.1 Å². The smallest absolute Gasteiger partial charge is 0.406 e. The van der Waals surface area contributed by atoms with Crippen LogP contribution in [-0.4, -0.2) is 37.7 Å². The molecule has 126 valence electrons. The van der Waals surface area contributed by atoms with Gasteiger partial charge in [-0.3, -0.25) is 0 Å². The number of ether oxygens (including phenoxy) is 2. The molecule has 0 saturated heterocycles. The molecule has 1 heterocycles. The van der Waals surface area contributed by atoms with Gasteiger partial charge in [0.25, 0.3) is 0 Å². The van der Waals surface area contributed by atoms with Crippen LogP contribution < -0.4 is 4.74 Å². The van der Waals surface area contributed by atoms with Crippen LogP contribution in [0.2, 0.25) is 0 Å². The Bertz CT molecular complexity index is 909. The molecule has 1 aromatic heterocycles. The number of aromatic nitrogens is 1. The van der Waals surface area contributed by atoms with Gasteiger partial charge in [-0.25, -0.2) is 13.2 Å². The Hall–Kier alpha value is -3.01. The lowest BCUT2D eigenvalue weighted by Crippen LogP contribution is -2.06. The topological polar surface area (TPSA) is 126 Å².